The second-order valence-electron chi connectivity index (χ2n) is 17.2. The molecule has 0 saturated heterocycles. The number of ether oxygens (including phenoxy) is 8. The molecular weight excluding hydrogens is 893 g/mol. The maximum Gasteiger partial charge on any atom is 0.261 e. The van der Waals surface area contributed by atoms with Crippen molar-refractivity contribution >= 4 is 45.3 Å². The molecule has 0 aliphatic carbocycles. The van der Waals surface area contributed by atoms with Crippen molar-refractivity contribution in [2.45, 2.75) is 20.3 Å². The minimum absolute atomic E-state index is 0.169. The first-order valence-corrected chi connectivity index (χ1v) is 24.3. The molecular formula is C54H70N6O10. The maximum absolute atomic E-state index is 13.3. The van der Waals surface area contributed by atoms with Crippen LogP contribution in [0, 0.1) is 13.8 Å². The first kappa shape index (κ1) is 51.7. The topological polar surface area (TPSA) is 168 Å². The number of anilines is 4. The van der Waals surface area contributed by atoms with E-state index in [2.05, 4.69) is 82.8 Å². The third-order valence-corrected chi connectivity index (χ3v) is 12.2. The highest BCUT2D eigenvalue weighted by Crippen LogP contribution is 2.36. The van der Waals surface area contributed by atoms with Gasteiger partial charge in [-0.2, -0.15) is 0 Å². The van der Waals surface area contributed by atoms with E-state index in [0.717, 1.165) is 62.1 Å². The van der Waals surface area contributed by atoms with E-state index in [1.165, 1.54) is 4.90 Å². The molecule has 16 nitrogen and oxygen atoms in total. The zero-order valence-corrected chi connectivity index (χ0v) is 41.2. The number of fused-ring (bicyclic) bond motifs is 2. The third-order valence-electron chi connectivity index (χ3n) is 12.2. The van der Waals surface area contributed by atoms with Crippen molar-refractivity contribution in [3.63, 3.8) is 0 Å². The smallest absolute Gasteiger partial charge is 0.261 e. The van der Waals surface area contributed by atoms with Gasteiger partial charge < -0.3 is 64.1 Å². The van der Waals surface area contributed by atoms with Gasteiger partial charge >= 0.3 is 0 Å². The molecule has 0 atom stereocenters. The van der Waals surface area contributed by atoms with Crippen LogP contribution in [0.3, 0.4) is 0 Å². The third kappa shape index (κ3) is 13.8. The first-order valence-electron chi connectivity index (χ1n) is 24.3. The van der Waals surface area contributed by atoms with E-state index in [1.807, 2.05) is 24.3 Å². The molecule has 376 valence electrons. The Morgan fingerprint density at radius 1 is 0.686 bits per heavy atom. The SMILES string of the molecule is COCCOCCN1CCOCCOCCNc2ccc(C)cc2OCCN(c2ccc(CCNc3ccc4c5c(cccc35)C(=O)N(CCN)C4=O)cc2OCCOC)CCOc2cc(C)ccc21. The molecule has 5 aromatic rings. The zero-order valence-electron chi connectivity index (χ0n) is 41.2. The van der Waals surface area contributed by atoms with E-state index in [-0.39, 0.29) is 24.9 Å². The number of nitrogens with two attached hydrogens (primary N) is 1. The van der Waals surface area contributed by atoms with Crippen LogP contribution in [0.15, 0.2) is 84.9 Å². The van der Waals surface area contributed by atoms with Gasteiger partial charge in [0.15, 0.2) is 0 Å². The minimum atomic E-state index is -0.323. The molecule has 2 heterocycles. The van der Waals surface area contributed by atoms with Crippen LogP contribution in [0.4, 0.5) is 22.7 Å². The highest BCUT2D eigenvalue weighted by atomic mass is 16.5. The Balaban J connectivity index is 1.13. The lowest BCUT2D eigenvalue weighted by atomic mass is 9.93. The molecule has 2 aliphatic heterocycles. The van der Waals surface area contributed by atoms with Crippen LogP contribution in [0.2, 0.25) is 0 Å². The second kappa shape index (κ2) is 26.7. The minimum Gasteiger partial charge on any atom is -0.490 e. The molecule has 0 aromatic heterocycles. The van der Waals surface area contributed by atoms with Crippen LogP contribution in [0.1, 0.15) is 37.4 Å². The lowest BCUT2D eigenvalue weighted by Gasteiger charge is -2.29. The highest BCUT2D eigenvalue weighted by molar-refractivity contribution is 6.26. The molecule has 2 amide bonds. The van der Waals surface area contributed by atoms with Gasteiger partial charge in [-0.1, -0.05) is 30.3 Å². The highest BCUT2D eigenvalue weighted by Gasteiger charge is 2.33. The first-order chi connectivity index (χ1) is 34.3. The number of amides is 2. The van der Waals surface area contributed by atoms with Crippen LogP contribution in [0.25, 0.3) is 10.8 Å². The molecule has 0 saturated carbocycles. The fraction of sp³-hybridized carbons (Fsp3) is 0.444. The summed E-state index contributed by atoms with van der Waals surface area (Å²) >= 11 is 0. The van der Waals surface area contributed by atoms with Crippen molar-refractivity contribution < 1.29 is 47.5 Å². The Bertz CT molecular complexity index is 2470. The zero-order chi connectivity index (χ0) is 49.1. The Morgan fingerprint density at radius 2 is 1.40 bits per heavy atom. The summed E-state index contributed by atoms with van der Waals surface area (Å²) in [6.45, 7) is 13.1. The molecule has 7 rings (SSSR count). The average Bonchev–Trinajstić information content (AvgIpc) is 3.36. The number of carbonyl (C=O) groups excluding carboxylic acids is 2. The second-order valence-corrected chi connectivity index (χ2v) is 17.2. The molecule has 0 radical (unpaired) electrons. The average molecular weight is 963 g/mol. The van der Waals surface area contributed by atoms with Gasteiger partial charge in [0.2, 0.25) is 0 Å². The van der Waals surface area contributed by atoms with Gasteiger partial charge in [0.05, 0.1) is 83.0 Å². The number of hydrogen-bond donors (Lipinski definition) is 3. The number of aryl methyl sites for hydroxylation is 2. The van der Waals surface area contributed by atoms with Gasteiger partial charge in [-0.25, -0.2) is 0 Å². The molecule has 16 heteroatoms. The Hall–Kier alpha value is -6.14. The van der Waals surface area contributed by atoms with Gasteiger partial charge in [0.1, 0.15) is 37.1 Å². The molecule has 2 aliphatic rings. The Kier molecular flexibility index (Phi) is 19.7. The number of carbonyl (C=O) groups is 2. The predicted octanol–water partition coefficient (Wildman–Crippen LogP) is 6.58. The summed E-state index contributed by atoms with van der Waals surface area (Å²) in [5, 5.41) is 8.56. The van der Waals surface area contributed by atoms with Crippen molar-refractivity contribution in [3.8, 4) is 17.2 Å². The van der Waals surface area contributed by atoms with Crippen molar-refractivity contribution in [2.75, 3.05) is 160 Å². The van der Waals surface area contributed by atoms with Crippen LogP contribution >= 0.6 is 0 Å². The lowest BCUT2D eigenvalue weighted by Crippen LogP contribution is -2.43. The number of rotatable bonds is 17. The summed E-state index contributed by atoms with van der Waals surface area (Å²) in [6.07, 6.45) is 0.668. The fourth-order valence-electron chi connectivity index (χ4n) is 8.60. The number of imide groups is 1. The molecule has 0 bridgehead atoms. The van der Waals surface area contributed by atoms with Crippen LogP contribution < -0.4 is 40.4 Å². The molecule has 0 spiro atoms. The van der Waals surface area contributed by atoms with E-state index in [9.17, 15) is 9.59 Å². The Morgan fingerprint density at radius 3 is 2.19 bits per heavy atom. The van der Waals surface area contributed by atoms with E-state index < -0.39 is 0 Å². The van der Waals surface area contributed by atoms with Crippen molar-refractivity contribution in [1.29, 1.82) is 0 Å². The molecule has 0 fully saturated rings. The molecule has 4 N–H and O–H groups in total. The molecule has 0 unspecified atom stereocenters. The number of methoxy groups -OCH3 is 2. The largest absolute Gasteiger partial charge is 0.490 e. The van der Waals surface area contributed by atoms with Crippen molar-refractivity contribution in [3.05, 3.63) is 113 Å². The van der Waals surface area contributed by atoms with E-state index in [1.54, 1.807) is 26.4 Å². The summed E-state index contributed by atoms with van der Waals surface area (Å²) in [7, 11) is 3.33. The normalized spacial score (nSPS) is 15.3. The van der Waals surface area contributed by atoms with Crippen LogP contribution in [0.5, 0.6) is 17.2 Å². The van der Waals surface area contributed by atoms with Crippen LogP contribution in [-0.2, 0) is 30.1 Å². The number of nitrogens with zero attached hydrogens (tertiary/aromatic N) is 3. The van der Waals surface area contributed by atoms with E-state index in [0.29, 0.717) is 135 Å². The number of hydrogen-bond acceptors (Lipinski definition) is 15. The van der Waals surface area contributed by atoms with Crippen molar-refractivity contribution in [1.82, 2.24) is 4.90 Å². The number of benzene rings is 5. The summed E-state index contributed by atoms with van der Waals surface area (Å²) < 4.78 is 48.3. The quantitative estimate of drug-likeness (QED) is 0.0675. The summed E-state index contributed by atoms with van der Waals surface area (Å²) in [5.74, 6) is 1.62. The predicted molar refractivity (Wildman–Crippen MR) is 275 cm³/mol. The lowest BCUT2D eigenvalue weighted by molar-refractivity contribution is 0.0528. The van der Waals surface area contributed by atoms with E-state index in [4.69, 9.17) is 43.6 Å². The Labute approximate surface area is 412 Å². The maximum atomic E-state index is 13.3. The van der Waals surface area contributed by atoms with Gasteiger partial charge in [-0.3, -0.25) is 14.5 Å². The van der Waals surface area contributed by atoms with Gasteiger partial charge in [0.25, 0.3) is 11.8 Å². The molecule has 5 aromatic carbocycles. The van der Waals surface area contributed by atoms with E-state index >= 15 is 0 Å². The number of nitrogens with one attached hydrogen (secondary N) is 2. The van der Waals surface area contributed by atoms with Gasteiger partial charge in [0, 0.05) is 81.1 Å². The summed E-state index contributed by atoms with van der Waals surface area (Å²) in [5.41, 5.74) is 13.6. The summed E-state index contributed by atoms with van der Waals surface area (Å²) in [4.78, 5) is 32.4. The van der Waals surface area contributed by atoms with Gasteiger partial charge in [-0.15, -0.1) is 0 Å². The monoisotopic (exact) mass is 963 g/mol. The van der Waals surface area contributed by atoms with Crippen LogP contribution in [-0.4, -0.2) is 156 Å². The van der Waals surface area contributed by atoms with Crippen molar-refractivity contribution in [2.24, 2.45) is 5.73 Å². The summed E-state index contributed by atoms with van der Waals surface area (Å²) in [6, 6.07) is 28.1. The fourth-order valence-corrected chi connectivity index (χ4v) is 8.60. The molecule has 70 heavy (non-hydrogen) atoms. The van der Waals surface area contributed by atoms with Gasteiger partial charge in [-0.05, 0) is 91.6 Å². The standard InChI is InChI=1S/C54H70N6O10/c1-39-8-12-46-49(36-39)68-28-23-59(24-29-69-50-37-40(2)9-14-47(50)58(21-26-66-32-30-63-3)22-27-67-34-33-65-25-19-57-46)48-15-10-41(38-51(48)70-35-31-64-4)16-18-56-45-13-11-44-52-42(45)6-5-7-43(52)53(61)60(20-17-55)54(44)62/h5-15,36-38,56-57H,16-35,55H2,1-4H3.